The lowest BCUT2D eigenvalue weighted by Gasteiger charge is -2.08. The second-order valence-electron chi connectivity index (χ2n) is 5.72. The van der Waals surface area contributed by atoms with Crippen LogP contribution in [0.1, 0.15) is 22.8 Å². The molecular weight excluding hydrogens is 410 g/mol. The van der Waals surface area contributed by atoms with Gasteiger partial charge in [-0.25, -0.2) is 0 Å². The van der Waals surface area contributed by atoms with E-state index in [0.717, 1.165) is 5.56 Å². The van der Waals surface area contributed by atoms with Gasteiger partial charge in [0.2, 0.25) is 5.13 Å². The van der Waals surface area contributed by atoms with Crippen LogP contribution in [0.25, 0.3) is 0 Å². The average Bonchev–Trinajstić information content (AvgIpc) is 3.19. The fourth-order valence-corrected chi connectivity index (χ4v) is 3.82. The van der Waals surface area contributed by atoms with Crippen molar-refractivity contribution in [2.75, 3.05) is 17.7 Å². The molecule has 0 atom stereocenters. The number of rotatable bonds is 9. The molecule has 29 heavy (non-hydrogen) atoms. The van der Waals surface area contributed by atoms with Crippen molar-refractivity contribution in [2.24, 2.45) is 0 Å². The summed E-state index contributed by atoms with van der Waals surface area (Å²) in [6, 6.07) is 16.7. The summed E-state index contributed by atoms with van der Waals surface area (Å²) in [4.78, 5) is 23.9. The van der Waals surface area contributed by atoms with E-state index in [2.05, 4.69) is 15.5 Å². The van der Waals surface area contributed by atoms with Crippen molar-refractivity contribution in [3.63, 3.8) is 0 Å². The lowest BCUT2D eigenvalue weighted by atomic mass is 10.2. The number of esters is 1. The number of aromatic nitrogens is 2. The van der Waals surface area contributed by atoms with Gasteiger partial charge < -0.3 is 9.47 Å². The molecule has 0 aliphatic rings. The summed E-state index contributed by atoms with van der Waals surface area (Å²) >= 11 is 2.42. The maximum atomic E-state index is 12.5. The van der Waals surface area contributed by atoms with Crippen molar-refractivity contribution in [1.29, 1.82) is 0 Å². The smallest absolute Gasteiger partial charge is 0.316 e. The second-order valence-corrected chi connectivity index (χ2v) is 7.92. The molecular formula is C20H19N3O4S2. The predicted octanol–water partition coefficient (Wildman–Crippen LogP) is 4.02. The predicted molar refractivity (Wildman–Crippen MR) is 112 cm³/mol. The first kappa shape index (κ1) is 20.8. The Morgan fingerprint density at radius 1 is 1.10 bits per heavy atom. The molecule has 0 spiro atoms. The SMILES string of the molecule is CCOC(=O)CSc1nnc(NC(=O)c2cccc(OCc3ccccc3)c2)s1. The molecule has 150 valence electrons. The summed E-state index contributed by atoms with van der Waals surface area (Å²) in [6.45, 7) is 2.51. The molecule has 0 radical (unpaired) electrons. The van der Waals surface area contributed by atoms with Crippen molar-refractivity contribution in [1.82, 2.24) is 10.2 Å². The van der Waals surface area contributed by atoms with E-state index in [4.69, 9.17) is 9.47 Å². The van der Waals surface area contributed by atoms with Crippen LogP contribution in [0, 0.1) is 0 Å². The molecule has 3 aromatic rings. The Labute approximate surface area is 176 Å². The second kappa shape index (κ2) is 10.6. The number of nitrogens with zero attached hydrogens (tertiary/aromatic N) is 2. The number of amides is 1. The number of hydrogen-bond donors (Lipinski definition) is 1. The molecule has 0 aliphatic carbocycles. The molecule has 1 N–H and O–H groups in total. The van der Waals surface area contributed by atoms with Crippen molar-refractivity contribution >= 4 is 40.1 Å². The van der Waals surface area contributed by atoms with E-state index in [1.807, 2.05) is 30.3 Å². The minimum atomic E-state index is -0.314. The first-order valence-corrected chi connectivity index (χ1v) is 10.6. The fourth-order valence-electron chi connectivity index (χ4n) is 2.28. The molecule has 1 heterocycles. The Morgan fingerprint density at radius 3 is 2.72 bits per heavy atom. The monoisotopic (exact) mass is 429 g/mol. The van der Waals surface area contributed by atoms with Crippen LogP contribution < -0.4 is 10.1 Å². The number of anilines is 1. The third-order valence-corrected chi connectivity index (χ3v) is 5.54. The standard InChI is InChI=1S/C20H19N3O4S2/c1-2-26-17(24)13-28-20-23-22-19(29-20)21-18(25)15-9-6-10-16(11-15)27-12-14-7-4-3-5-8-14/h3-11H,2,12-13H2,1H3,(H,21,22,25). The third-order valence-electron chi connectivity index (χ3n) is 3.59. The molecule has 1 aromatic heterocycles. The van der Waals surface area contributed by atoms with Gasteiger partial charge in [0.1, 0.15) is 12.4 Å². The van der Waals surface area contributed by atoms with Gasteiger partial charge in [-0.15, -0.1) is 10.2 Å². The van der Waals surface area contributed by atoms with Gasteiger partial charge >= 0.3 is 5.97 Å². The largest absolute Gasteiger partial charge is 0.489 e. The first-order chi connectivity index (χ1) is 14.1. The molecule has 0 saturated carbocycles. The van der Waals surface area contributed by atoms with Gasteiger partial charge in [0.25, 0.3) is 5.91 Å². The average molecular weight is 430 g/mol. The van der Waals surface area contributed by atoms with Crippen LogP contribution in [0.15, 0.2) is 58.9 Å². The summed E-state index contributed by atoms with van der Waals surface area (Å²) in [5.41, 5.74) is 1.50. The van der Waals surface area contributed by atoms with Crippen LogP contribution in [0.4, 0.5) is 5.13 Å². The number of carbonyl (C=O) groups excluding carboxylic acids is 2. The molecule has 1 amide bonds. The molecule has 9 heteroatoms. The molecule has 7 nitrogen and oxygen atoms in total. The Morgan fingerprint density at radius 2 is 1.93 bits per heavy atom. The van der Waals surface area contributed by atoms with E-state index in [1.165, 1.54) is 23.1 Å². The van der Waals surface area contributed by atoms with E-state index in [1.54, 1.807) is 31.2 Å². The number of thioether (sulfide) groups is 1. The van der Waals surface area contributed by atoms with Crippen LogP contribution >= 0.6 is 23.1 Å². The van der Waals surface area contributed by atoms with Gasteiger partial charge in [-0.05, 0) is 30.7 Å². The Bertz CT molecular complexity index is 963. The van der Waals surface area contributed by atoms with Crippen LogP contribution in [0.3, 0.4) is 0 Å². The van der Waals surface area contributed by atoms with E-state index in [9.17, 15) is 9.59 Å². The number of hydrogen-bond acceptors (Lipinski definition) is 8. The maximum Gasteiger partial charge on any atom is 0.316 e. The quantitative estimate of drug-likeness (QED) is 0.312. The third kappa shape index (κ3) is 6.58. The van der Waals surface area contributed by atoms with Crippen molar-refractivity contribution in [3.8, 4) is 5.75 Å². The Balaban J connectivity index is 1.55. The Kier molecular flexibility index (Phi) is 7.60. The normalized spacial score (nSPS) is 10.4. The van der Waals surface area contributed by atoms with Crippen LogP contribution in [0.2, 0.25) is 0 Å². The Hall–Kier alpha value is -2.91. The summed E-state index contributed by atoms with van der Waals surface area (Å²) in [5.74, 6) is 0.125. The molecule has 0 fully saturated rings. The molecule has 0 bridgehead atoms. The maximum absolute atomic E-state index is 12.5. The molecule has 0 aliphatic heterocycles. The first-order valence-electron chi connectivity index (χ1n) is 8.84. The summed E-state index contributed by atoms with van der Waals surface area (Å²) in [7, 11) is 0. The van der Waals surface area contributed by atoms with Crippen LogP contribution in [-0.2, 0) is 16.1 Å². The molecule has 2 aromatic carbocycles. The van der Waals surface area contributed by atoms with Crippen LogP contribution in [-0.4, -0.2) is 34.4 Å². The molecule has 3 rings (SSSR count). The van der Waals surface area contributed by atoms with Gasteiger partial charge in [-0.2, -0.15) is 0 Å². The zero-order valence-electron chi connectivity index (χ0n) is 15.7. The zero-order chi connectivity index (χ0) is 20.5. The highest BCUT2D eigenvalue weighted by atomic mass is 32.2. The minimum Gasteiger partial charge on any atom is -0.489 e. The van der Waals surface area contributed by atoms with Crippen molar-refractivity contribution < 1.29 is 19.1 Å². The van der Waals surface area contributed by atoms with Gasteiger partial charge in [0.05, 0.1) is 12.4 Å². The summed E-state index contributed by atoms with van der Waals surface area (Å²) in [5, 5.41) is 11.0. The molecule has 0 saturated heterocycles. The zero-order valence-corrected chi connectivity index (χ0v) is 17.3. The van der Waals surface area contributed by atoms with E-state index < -0.39 is 0 Å². The highest BCUT2D eigenvalue weighted by Crippen LogP contribution is 2.26. The number of carbonyl (C=O) groups is 2. The van der Waals surface area contributed by atoms with Gasteiger partial charge in [-0.1, -0.05) is 59.5 Å². The van der Waals surface area contributed by atoms with Gasteiger partial charge in [0, 0.05) is 5.56 Å². The van der Waals surface area contributed by atoms with E-state index in [-0.39, 0.29) is 17.6 Å². The lowest BCUT2D eigenvalue weighted by molar-refractivity contribution is -0.139. The number of nitrogens with one attached hydrogen (secondary N) is 1. The highest BCUT2D eigenvalue weighted by Gasteiger charge is 2.13. The summed E-state index contributed by atoms with van der Waals surface area (Å²) in [6.07, 6.45) is 0. The lowest BCUT2D eigenvalue weighted by Crippen LogP contribution is -2.11. The van der Waals surface area contributed by atoms with Gasteiger partial charge in [-0.3, -0.25) is 14.9 Å². The van der Waals surface area contributed by atoms with Crippen LogP contribution in [0.5, 0.6) is 5.75 Å². The van der Waals surface area contributed by atoms with E-state index >= 15 is 0 Å². The topological polar surface area (TPSA) is 90.4 Å². The van der Waals surface area contributed by atoms with Crippen molar-refractivity contribution in [2.45, 2.75) is 17.9 Å². The van der Waals surface area contributed by atoms with Gasteiger partial charge in [0.15, 0.2) is 4.34 Å². The fraction of sp³-hybridized carbons (Fsp3) is 0.200. The summed E-state index contributed by atoms with van der Waals surface area (Å²) < 4.78 is 11.2. The number of benzene rings is 2. The van der Waals surface area contributed by atoms with Crippen molar-refractivity contribution in [3.05, 3.63) is 65.7 Å². The minimum absolute atomic E-state index is 0.150. The highest BCUT2D eigenvalue weighted by molar-refractivity contribution is 8.01. The molecule has 0 unspecified atom stereocenters. The number of ether oxygens (including phenoxy) is 2. The van der Waals surface area contributed by atoms with E-state index in [0.29, 0.717) is 34.0 Å².